The third-order valence-corrected chi connectivity index (χ3v) is 4.06. The van der Waals surface area contributed by atoms with E-state index in [1.54, 1.807) is 11.3 Å². The van der Waals surface area contributed by atoms with Crippen molar-refractivity contribution < 1.29 is 0 Å². The van der Waals surface area contributed by atoms with Gasteiger partial charge in [-0.15, -0.1) is 11.3 Å². The Morgan fingerprint density at radius 1 is 1.35 bits per heavy atom. The molecule has 0 fully saturated rings. The summed E-state index contributed by atoms with van der Waals surface area (Å²) in [6, 6.07) is 2.07. The van der Waals surface area contributed by atoms with Crippen LogP contribution in [0.1, 0.15) is 25.6 Å². The van der Waals surface area contributed by atoms with Crippen molar-refractivity contribution in [1.82, 2.24) is 14.5 Å². The molecule has 0 spiro atoms. The van der Waals surface area contributed by atoms with Crippen molar-refractivity contribution in [2.45, 2.75) is 26.2 Å². The van der Waals surface area contributed by atoms with Crippen LogP contribution in [0.5, 0.6) is 0 Å². The predicted molar refractivity (Wildman–Crippen MR) is 72.5 cm³/mol. The van der Waals surface area contributed by atoms with Crippen LogP contribution >= 0.6 is 11.3 Å². The molecule has 0 atom stereocenters. The predicted octanol–water partition coefficient (Wildman–Crippen LogP) is 3.53. The van der Waals surface area contributed by atoms with Gasteiger partial charge in [0.25, 0.3) is 0 Å². The molecule has 0 saturated carbocycles. The average molecular weight is 245 g/mol. The van der Waals surface area contributed by atoms with Crippen LogP contribution in [0.25, 0.3) is 21.3 Å². The number of rotatable bonds is 3. The van der Waals surface area contributed by atoms with Crippen LogP contribution in [0.15, 0.2) is 17.6 Å². The monoisotopic (exact) mass is 245 g/mol. The fourth-order valence-electron chi connectivity index (χ4n) is 2.20. The smallest absolute Gasteiger partial charge is 0.109 e. The van der Waals surface area contributed by atoms with Crippen molar-refractivity contribution >= 4 is 32.6 Å². The van der Waals surface area contributed by atoms with E-state index >= 15 is 0 Å². The number of aromatic nitrogens is 3. The zero-order valence-electron chi connectivity index (χ0n) is 10.1. The van der Waals surface area contributed by atoms with Crippen molar-refractivity contribution in [2.24, 2.45) is 7.05 Å². The summed E-state index contributed by atoms with van der Waals surface area (Å²) < 4.78 is 3.48. The van der Waals surface area contributed by atoms with Gasteiger partial charge in [0, 0.05) is 13.5 Å². The average Bonchev–Trinajstić information content (AvgIpc) is 2.91. The van der Waals surface area contributed by atoms with E-state index in [-0.39, 0.29) is 0 Å². The molecular weight excluding hydrogens is 230 g/mol. The van der Waals surface area contributed by atoms with Crippen LogP contribution in [0.2, 0.25) is 0 Å². The lowest BCUT2D eigenvalue weighted by Crippen LogP contribution is -1.97. The minimum absolute atomic E-state index is 1.02. The summed E-state index contributed by atoms with van der Waals surface area (Å²) in [6.07, 6.45) is 5.34. The fraction of sp³-hybridized carbons (Fsp3) is 0.385. The van der Waals surface area contributed by atoms with Gasteiger partial charge in [-0.2, -0.15) is 0 Å². The summed E-state index contributed by atoms with van der Waals surface area (Å²) in [4.78, 5) is 9.13. The number of unbranched alkanes of at least 4 members (excludes halogenated alkanes) is 1. The number of nitrogens with zero attached hydrogens (tertiary/aromatic N) is 3. The highest BCUT2D eigenvalue weighted by atomic mass is 32.1. The molecule has 0 amide bonds. The molecule has 3 aromatic rings. The lowest BCUT2D eigenvalue weighted by atomic mass is 10.2. The third kappa shape index (κ3) is 1.63. The maximum atomic E-state index is 4.69. The second-order valence-electron chi connectivity index (χ2n) is 4.32. The molecule has 0 unspecified atom stereocenters. The zero-order valence-corrected chi connectivity index (χ0v) is 10.9. The molecule has 3 aromatic heterocycles. The van der Waals surface area contributed by atoms with E-state index in [9.17, 15) is 0 Å². The SMILES string of the molecule is CCCCc1nc2cnc3ccsc3c2n1C. The van der Waals surface area contributed by atoms with Gasteiger partial charge in [-0.3, -0.25) is 4.98 Å². The first kappa shape index (κ1) is 10.7. The Balaban J connectivity index is 2.24. The zero-order chi connectivity index (χ0) is 11.8. The first-order valence-corrected chi connectivity index (χ1v) is 6.86. The first-order chi connectivity index (χ1) is 8.31. The van der Waals surface area contributed by atoms with Gasteiger partial charge >= 0.3 is 0 Å². The molecule has 0 aliphatic rings. The molecule has 3 heterocycles. The van der Waals surface area contributed by atoms with Gasteiger partial charge in [0.05, 0.1) is 21.9 Å². The van der Waals surface area contributed by atoms with Gasteiger partial charge in [0.2, 0.25) is 0 Å². The van der Waals surface area contributed by atoms with Gasteiger partial charge in [-0.25, -0.2) is 4.98 Å². The molecule has 4 heteroatoms. The quantitative estimate of drug-likeness (QED) is 0.706. The number of fused-ring (bicyclic) bond motifs is 3. The summed E-state index contributed by atoms with van der Waals surface area (Å²) >= 11 is 1.74. The van der Waals surface area contributed by atoms with Gasteiger partial charge in [0.1, 0.15) is 11.3 Å². The Morgan fingerprint density at radius 3 is 3.06 bits per heavy atom. The number of imidazole rings is 1. The summed E-state index contributed by atoms with van der Waals surface area (Å²) in [7, 11) is 2.11. The number of hydrogen-bond donors (Lipinski definition) is 0. The van der Waals surface area contributed by atoms with E-state index in [4.69, 9.17) is 0 Å². The Hall–Kier alpha value is -1.42. The highest BCUT2D eigenvalue weighted by Gasteiger charge is 2.11. The van der Waals surface area contributed by atoms with Crippen LogP contribution in [0.3, 0.4) is 0 Å². The molecule has 0 N–H and O–H groups in total. The molecule has 17 heavy (non-hydrogen) atoms. The highest BCUT2D eigenvalue weighted by Crippen LogP contribution is 2.28. The van der Waals surface area contributed by atoms with Gasteiger partial charge in [0.15, 0.2) is 0 Å². The number of pyridine rings is 1. The van der Waals surface area contributed by atoms with E-state index < -0.39 is 0 Å². The minimum Gasteiger partial charge on any atom is -0.330 e. The molecule has 0 saturated heterocycles. The van der Waals surface area contributed by atoms with Crippen molar-refractivity contribution in [2.75, 3.05) is 0 Å². The van der Waals surface area contributed by atoms with Crippen LogP contribution < -0.4 is 0 Å². The molecule has 0 bridgehead atoms. The molecule has 0 aliphatic heterocycles. The highest BCUT2D eigenvalue weighted by molar-refractivity contribution is 7.18. The topological polar surface area (TPSA) is 30.7 Å². The van der Waals surface area contributed by atoms with Crippen LogP contribution in [0, 0.1) is 0 Å². The molecule has 3 nitrogen and oxygen atoms in total. The van der Waals surface area contributed by atoms with Crippen LogP contribution in [-0.4, -0.2) is 14.5 Å². The van der Waals surface area contributed by atoms with Gasteiger partial charge in [-0.1, -0.05) is 13.3 Å². The number of thiophene rings is 1. The van der Waals surface area contributed by atoms with Crippen molar-refractivity contribution in [3.8, 4) is 0 Å². The number of aryl methyl sites for hydroxylation is 2. The Bertz CT molecular complexity index is 666. The maximum Gasteiger partial charge on any atom is 0.109 e. The lowest BCUT2D eigenvalue weighted by Gasteiger charge is -2.01. The minimum atomic E-state index is 1.02. The van der Waals surface area contributed by atoms with E-state index in [0.29, 0.717) is 0 Å². The van der Waals surface area contributed by atoms with E-state index in [2.05, 4.69) is 40.0 Å². The summed E-state index contributed by atoms with van der Waals surface area (Å²) in [5.74, 6) is 1.17. The van der Waals surface area contributed by atoms with Crippen LogP contribution in [0.4, 0.5) is 0 Å². The van der Waals surface area contributed by atoms with E-state index in [1.165, 1.54) is 28.9 Å². The van der Waals surface area contributed by atoms with Gasteiger partial charge in [-0.05, 0) is 17.9 Å². The second-order valence-corrected chi connectivity index (χ2v) is 5.23. The Kier molecular flexibility index (Phi) is 2.59. The first-order valence-electron chi connectivity index (χ1n) is 5.98. The summed E-state index contributed by atoms with van der Waals surface area (Å²) in [5.41, 5.74) is 3.33. The molecule has 88 valence electrons. The molecule has 3 rings (SSSR count). The standard InChI is InChI=1S/C13H15N3S/c1-3-4-5-11-15-10-8-14-9-6-7-17-13(9)12(10)16(11)2/h6-8H,3-5H2,1-2H3. The molecule has 0 aliphatic carbocycles. The van der Waals surface area contributed by atoms with Crippen molar-refractivity contribution in [1.29, 1.82) is 0 Å². The normalized spacial score (nSPS) is 11.6. The third-order valence-electron chi connectivity index (χ3n) is 3.15. The summed E-state index contributed by atoms with van der Waals surface area (Å²) in [5, 5.41) is 2.09. The van der Waals surface area contributed by atoms with Crippen LogP contribution in [-0.2, 0) is 13.5 Å². The second kappa shape index (κ2) is 4.11. The van der Waals surface area contributed by atoms with E-state index in [0.717, 1.165) is 17.5 Å². The maximum absolute atomic E-state index is 4.69. The molecule has 0 aromatic carbocycles. The largest absolute Gasteiger partial charge is 0.330 e. The van der Waals surface area contributed by atoms with E-state index in [1.807, 2.05) is 6.20 Å². The fourth-order valence-corrected chi connectivity index (χ4v) is 3.12. The molecule has 0 radical (unpaired) electrons. The Morgan fingerprint density at radius 2 is 2.24 bits per heavy atom. The number of hydrogen-bond acceptors (Lipinski definition) is 3. The van der Waals surface area contributed by atoms with Crippen molar-refractivity contribution in [3.63, 3.8) is 0 Å². The molecular formula is C13H15N3S. The Labute approximate surface area is 104 Å². The van der Waals surface area contributed by atoms with Gasteiger partial charge < -0.3 is 4.57 Å². The van der Waals surface area contributed by atoms with Crippen molar-refractivity contribution in [3.05, 3.63) is 23.5 Å². The lowest BCUT2D eigenvalue weighted by molar-refractivity contribution is 0.721. The summed E-state index contributed by atoms with van der Waals surface area (Å²) in [6.45, 7) is 2.21.